The van der Waals surface area contributed by atoms with Gasteiger partial charge in [0.25, 0.3) is 0 Å². The molecular weight excluding hydrogens is 456 g/mol. The molecule has 1 aromatic carbocycles. The van der Waals surface area contributed by atoms with Gasteiger partial charge in [-0.05, 0) is 51.8 Å². The predicted molar refractivity (Wildman–Crippen MR) is 129 cm³/mol. The maximum Gasteiger partial charge on any atom is 0.247 e. The standard InChI is InChI=1S/C25H36N2O6S/c1-17-14-27(18(2)16-28)34(31,32)23-10-9-19(11-12-25(3,4)30)13-21(23)33-22(17)15-26(5)24(29)20-7-6-8-20/h9-10,13,17-18,20,22,28,30H,6-8,14-16H2,1-5H3/t17-,18-,22-/m0/s1. The van der Waals surface area contributed by atoms with Crippen molar-refractivity contribution in [3.63, 3.8) is 0 Å². The first kappa shape index (κ1) is 26.5. The Morgan fingerprint density at radius 2 is 2.03 bits per heavy atom. The molecule has 1 aliphatic heterocycles. The van der Waals surface area contributed by atoms with Crippen molar-refractivity contribution >= 4 is 15.9 Å². The number of aliphatic hydroxyl groups excluding tert-OH is 1. The molecule has 1 amide bonds. The summed E-state index contributed by atoms with van der Waals surface area (Å²) in [6.07, 6.45) is 2.40. The van der Waals surface area contributed by atoms with E-state index >= 15 is 0 Å². The number of likely N-dealkylation sites (N-methyl/N-ethyl adjacent to an activating group) is 1. The third-order valence-corrected chi connectivity index (χ3v) is 8.48. The summed E-state index contributed by atoms with van der Waals surface area (Å²) in [4.78, 5) is 14.4. The smallest absolute Gasteiger partial charge is 0.247 e. The lowest BCUT2D eigenvalue weighted by molar-refractivity contribution is -0.138. The summed E-state index contributed by atoms with van der Waals surface area (Å²) in [5.74, 6) is 5.63. The second kappa shape index (κ2) is 10.2. The average Bonchev–Trinajstić information content (AvgIpc) is 2.72. The minimum atomic E-state index is -3.95. The van der Waals surface area contributed by atoms with E-state index in [0.29, 0.717) is 12.1 Å². The molecule has 0 spiro atoms. The molecule has 1 fully saturated rings. The van der Waals surface area contributed by atoms with Gasteiger partial charge in [-0.3, -0.25) is 4.79 Å². The molecule has 8 nitrogen and oxygen atoms in total. The average molecular weight is 493 g/mol. The van der Waals surface area contributed by atoms with Crippen LogP contribution in [-0.2, 0) is 14.8 Å². The van der Waals surface area contributed by atoms with Crippen LogP contribution in [-0.4, -0.2) is 78.2 Å². The van der Waals surface area contributed by atoms with E-state index in [2.05, 4.69) is 11.8 Å². The van der Waals surface area contributed by atoms with Crippen molar-refractivity contribution in [3.05, 3.63) is 23.8 Å². The van der Waals surface area contributed by atoms with Crippen molar-refractivity contribution in [2.45, 2.75) is 69.6 Å². The highest BCUT2D eigenvalue weighted by atomic mass is 32.2. The molecule has 1 saturated carbocycles. The van der Waals surface area contributed by atoms with E-state index < -0.39 is 27.8 Å². The fourth-order valence-electron chi connectivity index (χ4n) is 4.07. The first-order valence-electron chi connectivity index (χ1n) is 11.8. The van der Waals surface area contributed by atoms with Gasteiger partial charge in [-0.1, -0.05) is 25.2 Å². The van der Waals surface area contributed by atoms with Gasteiger partial charge in [0.15, 0.2) is 0 Å². The molecule has 0 aromatic heterocycles. The van der Waals surface area contributed by atoms with Crippen LogP contribution in [0.4, 0.5) is 0 Å². The number of fused-ring (bicyclic) bond motifs is 1. The number of aliphatic hydroxyl groups is 2. The Morgan fingerprint density at radius 3 is 2.59 bits per heavy atom. The minimum absolute atomic E-state index is 0.00789. The largest absolute Gasteiger partial charge is 0.487 e. The Kier molecular flexibility index (Phi) is 7.98. The number of ether oxygens (including phenoxy) is 1. The molecule has 2 aliphatic rings. The first-order chi connectivity index (χ1) is 15.8. The van der Waals surface area contributed by atoms with E-state index in [1.165, 1.54) is 10.4 Å². The second-order valence-corrected chi connectivity index (χ2v) is 11.9. The summed E-state index contributed by atoms with van der Waals surface area (Å²) in [5.41, 5.74) is -0.699. The third kappa shape index (κ3) is 5.92. The number of carbonyl (C=O) groups excluding carboxylic acids is 1. The Labute approximate surface area is 202 Å². The van der Waals surface area contributed by atoms with Crippen molar-refractivity contribution in [2.24, 2.45) is 11.8 Å². The van der Waals surface area contributed by atoms with E-state index in [9.17, 15) is 23.4 Å². The van der Waals surface area contributed by atoms with Crippen LogP contribution in [0.1, 0.15) is 52.5 Å². The summed E-state index contributed by atoms with van der Waals surface area (Å²) in [5, 5.41) is 19.7. The van der Waals surface area contributed by atoms with Gasteiger partial charge in [-0.25, -0.2) is 8.42 Å². The van der Waals surface area contributed by atoms with Gasteiger partial charge < -0.3 is 19.8 Å². The number of hydrogen-bond acceptors (Lipinski definition) is 6. The van der Waals surface area contributed by atoms with Crippen molar-refractivity contribution in [1.82, 2.24) is 9.21 Å². The van der Waals surface area contributed by atoms with E-state index in [0.717, 1.165) is 19.3 Å². The quantitative estimate of drug-likeness (QED) is 0.608. The molecular formula is C25H36N2O6S. The van der Waals surface area contributed by atoms with Crippen LogP contribution in [0.25, 0.3) is 0 Å². The molecule has 1 heterocycles. The number of nitrogens with zero attached hydrogens (tertiary/aromatic N) is 2. The van der Waals surface area contributed by atoms with E-state index in [-0.39, 0.29) is 41.5 Å². The highest BCUT2D eigenvalue weighted by molar-refractivity contribution is 7.89. The van der Waals surface area contributed by atoms with Gasteiger partial charge in [-0.2, -0.15) is 4.31 Å². The number of sulfonamides is 1. The molecule has 2 N–H and O–H groups in total. The molecule has 1 aliphatic carbocycles. The number of carbonyl (C=O) groups is 1. The monoisotopic (exact) mass is 492 g/mol. The van der Waals surface area contributed by atoms with Gasteiger partial charge in [0.2, 0.25) is 15.9 Å². The zero-order valence-corrected chi connectivity index (χ0v) is 21.4. The van der Waals surface area contributed by atoms with Crippen LogP contribution in [0.3, 0.4) is 0 Å². The molecule has 188 valence electrons. The molecule has 3 atom stereocenters. The normalized spacial score (nSPS) is 23.7. The molecule has 1 aromatic rings. The fraction of sp³-hybridized carbons (Fsp3) is 0.640. The van der Waals surface area contributed by atoms with E-state index in [1.807, 2.05) is 6.92 Å². The number of amides is 1. The zero-order chi connectivity index (χ0) is 25.3. The van der Waals surface area contributed by atoms with Gasteiger partial charge in [0, 0.05) is 37.0 Å². The molecule has 0 unspecified atom stereocenters. The lowest BCUT2D eigenvalue weighted by Crippen LogP contribution is -2.50. The van der Waals surface area contributed by atoms with Gasteiger partial charge in [0.1, 0.15) is 22.4 Å². The number of hydrogen-bond donors (Lipinski definition) is 2. The summed E-state index contributed by atoms with van der Waals surface area (Å²) < 4.78 is 34.6. The Balaban J connectivity index is 2.02. The van der Waals surface area contributed by atoms with Crippen LogP contribution in [0.5, 0.6) is 5.75 Å². The highest BCUT2D eigenvalue weighted by Crippen LogP contribution is 2.35. The van der Waals surface area contributed by atoms with Crippen LogP contribution >= 0.6 is 0 Å². The summed E-state index contributed by atoms with van der Waals surface area (Å²) in [6, 6.07) is 3.97. The first-order valence-corrected chi connectivity index (χ1v) is 13.2. The van der Waals surface area contributed by atoms with Crippen molar-refractivity contribution < 1.29 is 28.2 Å². The zero-order valence-electron chi connectivity index (χ0n) is 20.6. The molecule has 0 radical (unpaired) electrons. The van der Waals surface area contributed by atoms with Gasteiger partial charge in [-0.15, -0.1) is 0 Å². The molecule has 9 heteroatoms. The minimum Gasteiger partial charge on any atom is -0.487 e. The van der Waals surface area contributed by atoms with Crippen molar-refractivity contribution in [3.8, 4) is 17.6 Å². The van der Waals surface area contributed by atoms with Crippen LogP contribution in [0, 0.1) is 23.7 Å². The summed E-state index contributed by atoms with van der Waals surface area (Å²) in [7, 11) is -2.20. The SMILES string of the molecule is C[C@H]1CN([C@@H](C)CO)S(=O)(=O)c2ccc(C#CC(C)(C)O)cc2O[C@H]1CN(C)C(=O)C1CCC1. The van der Waals surface area contributed by atoms with Crippen LogP contribution in [0.15, 0.2) is 23.1 Å². The second-order valence-electron chi connectivity index (χ2n) is 10.1. The highest BCUT2D eigenvalue weighted by Gasteiger charge is 2.39. The molecule has 34 heavy (non-hydrogen) atoms. The number of benzene rings is 1. The lowest BCUT2D eigenvalue weighted by Gasteiger charge is -2.38. The van der Waals surface area contributed by atoms with Crippen LogP contribution < -0.4 is 4.74 Å². The lowest BCUT2D eigenvalue weighted by atomic mass is 9.84. The summed E-state index contributed by atoms with van der Waals surface area (Å²) >= 11 is 0. The van der Waals surface area contributed by atoms with Gasteiger partial charge >= 0.3 is 0 Å². The summed E-state index contributed by atoms with van der Waals surface area (Å²) in [6.45, 7) is 6.84. The predicted octanol–water partition coefficient (Wildman–Crippen LogP) is 1.84. The van der Waals surface area contributed by atoms with Gasteiger partial charge in [0.05, 0.1) is 13.2 Å². The Hall–Kier alpha value is -2.12. The number of rotatable bonds is 5. The molecule has 0 saturated heterocycles. The third-order valence-electron chi connectivity index (χ3n) is 6.46. The van der Waals surface area contributed by atoms with Crippen molar-refractivity contribution in [2.75, 3.05) is 26.7 Å². The molecule has 3 rings (SSSR count). The van der Waals surface area contributed by atoms with Crippen LogP contribution in [0.2, 0.25) is 0 Å². The maximum absolute atomic E-state index is 13.5. The van der Waals surface area contributed by atoms with Crippen molar-refractivity contribution in [1.29, 1.82) is 0 Å². The fourth-order valence-corrected chi connectivity index (χ4v) is 5.90. The Bertz CT molecular complexity index is 1070. The topological polar surface area (TPSA) is 107 Å². The molecule has 0 bridgehead atoms. The van der Waals surface area contributed by atoms with E-state index in [1.54, 1.807) is 44.9 Å². The Morgan fingerprint density at radius 1 is 1.35 bits per heavy atom. The van der Waals surface area contributed by atoms with E-state index in [4.69, 9.17) is 4.74 Å². The maximum atomic E-state index is 13.5.